The van der Waals surface area contributed by atoms with Crippen molar-refractivity contribution in [3.8, 4) is 0 Å². The highest BCUT2D eigenvalue weighted by Crippen LogP contribution is 2.25. The van der Waals surface area contributed by atoms with Crippen molar-refractivity contribution in [2.24, 2.45) is 0 Å². The molecule has 0 N–H and O–H groups in total. The maximum absolute atomic E-state index is 12.5. The molecule has 0 unspecified atom stereocenters. The van der Waals surface area contributed by atoms with E-state index < -0.39 is 17.7 Å². The Balaban J connectivity index is 2.17. The third-order valence-corrected chi connectivity index (χ3v) is 3.92. The van der Waals surface area contributed by atoms with Crippen LogP contribution < -0.4 is 0 Å². The smallest absolute Gasteiger partial charge is 0.411 e. The van der Waals surface area contributed by atoms with Crippen molar-refractivity contribution in [3.63, 3.8) is 0 Å². The number of aryl methyl sites for hydroxylation is 1. The van der Waals surface area contributed by atoms with Crippen molar-refractivity contribution in [1.82, 2.24) is 4.90 Å². The molecular weight excluding hydrogens is 294 g/mol. The van der Waals surface area contributed by atoms with Gasteiger partial charge >= 0.3 is 12.1 Å². The molecule has 0 aromatic heterocycles. The van der Waals surface area contributed by atoms with Gasteiger partial charge in [-0.15, -0.1) is 0 Å². The Labute approximate surface area is 137 Å². The summed E-state index contributed by atoms with van der Waals surface area (Å²) in [5.41, 5.74) is 1.94. The molecule has 0 heterocycles. The van der Waals surface area contributed by atoms with Crippen molar-refractivity contribution in [2.75, 3.05) is 13.7 Å². The molecule has 1 aromatic carbocycles. The van der Waals surface area contributed by atoms with E-state index in [1.165, 1.54) is 23.1 Å². The van der Waals surface area contributed by atoms with Crippen molar-refractivity contribution < 1.29 is 19.1 Å². The number of carbonyl (C=O) groups excluding carboxylic acids is 2. The van der Waals surface area contributed by atoms with Crippen LogP contribution in [0.1, 0.15) is 38.3 Å². The van der Waals surface area contributed by atoms with E-state index in [2.05, 4.69) is 12.1 Å². The molecule has 1 atom stereocenters. The van der Waals surface area contributed by atoms with Gasteiger partial charge in [0.2, 0.25) is 0 Å². The number of amides is 1. The number of ether oxygens (including phenoxy) is 2. The van der Waals surface area contributed by atoms with Crippen LogP contribution in [-0.4, -0.2) is 42.3 Å². The first kappa shape index (κ1) is 17.3. The summed E-state index contributed by atoms with van der Waals surface area (Å²) < 4.78 is 10.2. The monoisotopic (exact) mass is 319 g/mol. The lowest BCUT2D eigenvalue weighted by molar-refractivity contribution is -0.142. The fraction of sp³-hybridized carbons (Fsp3) is 0.556. The Kier molecular flexibility index (Phi) is 5.29. The molecule has 2 rings (SSSR count). The van der Waals surface area contributed by atoms with Gasteiger partial charge in [0.15, 0.2) is 0 Å². The summed E-state index contributed by atoms with van der Waals surface area (Å²) in [6, 6.07) is 8.16. The highest BCUT2D eigenvalue weighted by atomic mass is 16.6. The van der Waals surface area contributed by atoms with E-state index >= 15 is 0 Å². The van der Waals surface area contributed by atoms with E-state index in [4.69, 9.17) is 9.47 Å². The average Bonchev–Trinajstić information content (AvgIpc) is 2.50. The van der Waals surface area contributed by atoms with Gasteiger partial charge in [-0.3, -0.25) is 9.69 Å². The van der Waals surface area contributed by atoms with Gasteiger partial charge in [-0.1, -0.05) is 24.3 Å². The number of nitrogens with zero attached hydrogens (tertiary/aromatic N) is 1. The molecule has 0 fully saturated rings. The van der Waals surface area contributed by atoms with Crippen LogP contribution in [-0.2, 0) is 27.1 Å². The Hall–Kier alpha value is -2.04. The predicted molar refractivity (Wildman–Crippen MR) is 87.2 cm³/mol. The molecule has 0 radical (unpaired) electrons. The number of benzene rings is 1. The molecule has 5 nitrogen and oxygen atoms in total. The second-order valence-corrected chi connectivity index (χ2v) is 6.85. The van der Waals surface area contributed by atoms with E-state index in [1.807, 2.05) is 32.9 Å². The van der Waals surface area contributed by atoms with E-state index in [0.717, 1.165) is 19.3 Å². The highest BCUT2D eigenvalue weighted by molar-refractivity contribution is 5.78. The minimum absolute atomic E-state index is 0.0566. The maximum atomic E-state index is 12.5. The number of hydrogen-bond donors (Lipinski definition) is 0. The molecule has 1 aliphatic rings. The lowest BCUT2D eigenvalue weighted by Crippen LogP contribution is -2.48. The zero-order valence-corrected chi connectivity index (χ0v) is 14.3. The average molecular weight is 319 g/mol. The third kappa shape index (κ3) is 4.71. The molecule has 1 aromatic rings. The molecular formula is C18H25NO4. The Bertz CT molecular complexity index is 577. The Morgan fingerprint density at radius 1 is 1.22 bits per heavy atom. The number of esters is 1. The molecule has 1 aliphatic carbocycles. The summed E-state index contributed by atoms with van der Waals surface area (Å²) in [4.78, 5) is 25.7. The number of methoxy groups -OCH3 is 1. The van der Waals surface area contributed by atoms with Gasteiger partial charge in [0.05, 0.1) is 7.11 Å². The number of carbonyl (C=O) groups is 2. The fourth-order valence-electron chi connectivity index (χ4n) is 2.81. The Morgan fingerprint density at radius 2 is 1.87 bits per heavy atom. The summed E-state index contributed by atoms with van der Waals surface area (Å²) >= 11 is 0. The summed E-state index contributed by atoms with van der Waals surface area (Å²) in [7, 11) is 1.33. The fourth-order valence-corrected chi connectivity index (χ4v) is 2.81. The zero-order chi connectivity index (χ0) is 17.0. The molecule has 0 bridgehead atoms. The zero-order valence-electron chi connectivity index (χ0n) is 14.3. The topological polar surface area (TPSA) is 55.8 Å². The van der Waals surface area contributed by atoms with Gasteiger partial charge in [-0.05, 0) is 51.2 Å². The van der Waals surface area contributed by atoms with Crippen LogP contribution in [0.25, 0.3) is 0 Å². The second kappa shape index (κ2) is 7.02. The van der Waals surface area contributed by atoms with Crippen LogP contribution in [0.15, 0.2) is 24.3 Å². The third-order valence-electron chi connectivity index (χ3n) is 3.92. The SMILES string of the molecule is COC(=O)CN(C(=O)OC(C)(C)C)[C@@H]1CCc2ccccc2C1. The molecule has 0 aliphatic heterocycles. The first-order chi connectivity index (χ1) is 10.8. The maximum Gasteiger partial charge on any atom is 0.411 e. The number of rotatable bonds is 3. The van der Waals surface area contributed by atoms with Crippen molar-refractivity contribution in [2.45, 2.75) is 51.7 Å². The standard InChI is InChI=1S/C18H25NO4/c1-18(2,3)23-17(21)19(12-16(20)22-4)15-10-9-13-7-5-6-8-14(13)11-15/h5-8,15H,9-12H2,1-4H3/t15-/m1/s1. The van der Waals surface area contributed by atoms with Crippen LogP contribution in [0.4, 0.5) is 4.79 Å². The van der Waals surface area contributed by atoms with E-state index in [0.29, 0.717) is 0 Å². The quantitative estimate of drug-likeness (QED) is 0.804. The van der Waals surface area contributed by atoms with Gasteiger partial charge in [0.25, 0.3) is 0 Å². The molecule has 5 heteroatoms. The van der Waals surface area contributed by atoms with Crippen LogP contribution in [0.3, 0.4) is 0 Å². The van der Waals surface area contributed by atoms with Crippen molar-refractivity contribution in [1.29, 1.82) is 0 Å². The predicted octanol–water partition coefficient (Wildman–Crippen LogP) is 2.95. The van der Waals surface area contributed by atoms with Crippen LogP contribution in [0.5, 0.6) is 0 Å². The number of fused-ring (bicyclic) bond motifs is 1. The first-order valence-corrected chi connectivity index (χ1v) is 7.93. The highest BCUT2D eigenvalue weighted by Gasteiger charge is 2.32. The van der Waals surface area contributed by atoms with Gasteiger partial charge < -0.3 is 9.47 Å². The van der Waals surface area contributed by atoms with Crippen LogP contribution in [0.2, 0.25) is 0 Å². The lowest BCUT2D eigenvalue weighted by atomic mass is 9.87. The summed E-state index contributed by atoms with van der Waals surface area (Å²) in [6.45, 7) is 5.37. The minimum Gasteiger partial charge on any atom is -0.468 e. The normalized spacial score (nSPS) is 17.1. The molecule has 0 spiro atoms. The van der Waals surface area contributed by atoms with E-state index in [-0.39, 0.29) is 12.6 Å². The number of hydrogen-bond acceptors (Lipinski definition) is 4. The van der Waals surface area contributed by atoms with Crippen molar-refractivity contribution >= 4 is 12.1 Å². The lowest BCUT2D eigenvalue weighted by Gasteiger charge is -2.35. The summed E-state index contributed by atoms with van der Waals surface area (Å²) in [5, 5.41) is 0. The summed E-state index contributed by atoms with van der Waals surface area (Å²) in [5.74, 6) is -0.435. The van der Waals surface area contributed by atoms with E-state index in [9.17, 15) is 9.59 Å². The minimum atomic E-state index is -0.599. The van der Waals surface area contributed by atoms with Gasteiger partial charge in [-0.25, -0.2) is 4.79 Å². The molecule has 126 valence electrons. The van der Waals surface area contributed by atoms with E-state index in [1.54, 1.807) is 0 Å². The molecule has 1 amide bonds. The first-order valence-electron chi connectivity index (χ1n) is 7.93. The molecule has 23 heavy (non-hydrogen) atoms. The molecule has 0 saturated carbocycles. The summed E-state index contributed by atoms with van der Waals surface area (Å²) in [6.07, 6.45) is 1.97. The largest absolute Gasteiger partial charge is 0.468 e. The second-order valence-electron chi connectivity index (χ2n) is 6.85. The van der Waals surface area contributed by atoms with Crippen LogP contribution in [0, 0.1) is 0 Å². The molecule has 0 saturated heterocycles. The van der Waals surface area contributed by atoms with Gasteiger partial charge in [0.1, 0.15) is 12.1 Å². The Morgan fingerprint density at radius 3 is 2.48 bits per heavy atom. The van der Waals surface area contributed by atoms with Gasteiger partial charge in [0, 0.05) is 6.04 Å². The van der Waals surface area contributed by atoms with Gasteiger partial charge in [-0.2, -0.15) is 0 Å². The van der Waals surface area contributed by atoms with Crippen molar-refractivity contribution in [3.05, 3.63) is 35.4 Å². The van der Waals surface area contributed by atoms with Crippen LogP contribution >= 0.6 is 0 Å².